The summed E-state index contributed by atoms with van der Waals surface area (Å²) in [4.78, 5) is 18.0. The summed E-state index contributed by atoms with van der Waals surface area (Å²) >= 11 is 1.58. The van der Waals surface area contributed by atoms with E-state index in [1.54, 1.807) is 32.2 Å². The quantitative estimate of drug-likeness (QED) is 0.908. The predicted octanol–water partition coefficient (Wildman–Crippen LogP) is 3.35. The van der Waals surface area contributed by atoms with Gasteiger partial charge in [-0.3, -0.25) is 0 Å². The van der Waals surface area contributed by atoms with Crippen LogP contribution in [0.1, 0.15) is 19.5 Å². The molecule has 2 amide bonds. The molecule has 0 radical (unpaired) electrons. The monoisotopic (exact) mass is 319 g/mol. The molecule has 0 spiro atoms. The average molecular weight is 319 g/mol. The van der Waals surface area contributed by atoms with Gasteiger partial charge in [-0.2, -0.15) is 0 Å². The molecule has 0 atom stereocenters. The highest BCUT2D eigenvalue weighted by Gasteiger charge is 2.19. The summed E-state index contributed by atoms with van der Waals surface area (Å²) in [6.45, 7) is 5.55. The summed E-state index contributed by atoms with van der Waals surface area (Å²) < 4.78 is 0. The normalized spacial score (nSPS) is 11.3. The Balaban J connectivity index is 2.09. The summed E-state index contributed by atoms with van der Waals surface area (Å²) in [5, 5.41) is 15.5. The first-order valence-electron chi connectivity index (χ1n) is 7.02. The second-order valence-electron chi connectivity index (χ2n) is 5.97. The van der Waals surface area contributed by atoms with E-state index in [0.29, 0.717) is 5.69 Å². The molecule has 1 aromatic heterocycles. The maximum Gasteiger partial charge on any atom is 0.321 e. The zero-order valence-corrected chi connectivity index (χ0v) is 14.1. The predicted molar refractivity (Wildman–Crippen MR) is 90.2 cm³/mol. The Kier molecular flexibility index (Phi) is 4.83. The minimum atomic E-state index is -0.924. The molecular formula is C16H21N3O2S. The Morgan fingerprint density at radius 3 is 2.77 bits per heavy atom. The topological polar surface area (TPSA) is 65.5 Å². The largest absolute Gasteiger partial charge is 0.389 e. The number of thiazole rings is 1. The van der Waals surface area contributed by atoms with Crippen molar-refractivity contribution in [1.82, 2.24) is 9.88 Å². The molecule has 1 heterocycles. The molecule has 0 unspecified atom stereocenters. The number of nitrogens with zero attached hydrogens (tertiary/aromatic N) is 2. The van der Waals surface area contributed by atoms with Crippen LogP contribution in [-0.2, 0) is 0 Å². The number of rotatable bonds is 4. The van der Waals surface area contributed by atoms with Gasteiger partial charge in [-0.15, -0.1) is 11.3 Å². The zero-order chi connectivity index (χ0) is 16.3. The van der Waals surface area contributed by atoms with Crippen molar-refractivity contribution in [3.8, 4) is 10.6 Å². The minimum Gasteiger partial charge on any atom is -0.389 e. The summed E-state index contributed by atoms with van der Waals surface area (Å²) in [5.74, 6) is 0. The van der Waals surface area contributed by atoms with Gasteiger partial charge in [0.05, 0.1) is 12.1 Å². The maximum atomic E-state index is 12.1. The van der Waals surface area contributed by atoms with Crippen LogP contribution in [0, 0.1) is 6.92 Å². The van der Waals surface area contributed by atoms with Crippen LogP contribution in [0.15, 0.2) is 29.6 Å². The van der Waals surface area contributed by atoms with Gasteiger partial charge in [-0.05, 0) is 32.9 Å². The number of aromatic nitrogens is 1. The van der Waals surface area contributed by atoms with Crippen LogP contribution in [-0.4, -0.2) is 40.2 Å². The Labute approximate surface area is 134 Å². The van der Waals surface area contributed by atoms with Crippen molar-refractivity contribution < 1.29 is 9.90 Å². The van der Waals surface area contributed by atoms with Crippen LogP contribution >= 0.6 is 11.3 Å². The Morgan fingerprint density at radius 1 is 1.45 bits per heavy atom. The van der Waals surface area contributed by atoms with Gasteiger partial charge in [0.1, 0.15) is 5.01 Å². The van der Waals surface area contributed by atoms with E-state index in [2.05, 4.69) is 10.3 Å². The first-order valence-corrected chi connectivity index (χ1v) is 7.90. The second kappa shape index (κ2) is 6.46. The molecule has 5 nitrogen and oxygen atoms in total. The minimum absolute atomic E-state index is 0.254. The lowest BCUT2D eigenvalue weighted by Gasteiger charge is -2.25. The van der Waals surface area contributed by atoms with Gasteiger partial charge >= 0.3 is 6.03 Å². The first-order chi connectivity index (χ1) is 10.2. The molecule has 22 heavy (non-hydrogen) atoms. The van der Waals surface area contributed by atoms with E-state index in [-0.39, 0.29) is 12.6 Å². The number of likely N-dealkylation sites (N-methyl/N-ethyl adjacent to an activating group) is 1. The molecular weight excluding hydrogens is 298 g/mol. The molecule has 0 bridgehead atoms. The molecule has 6 heteroatoms. The third-order valence-corrected chi connectivity index (χ3v) is 3.96. The van der Waals surface area contributed by atoms with Crippen molar-refractivity contribution in [3.63, 3.8) is 0 Å². The maximum absolute atomic E-state index is 12.1. The van der Waals surface area contributed by atoms with Gasteiger partial charge in [0.2, 0.25) is 0 Å². The highest BCUT2D eigenvalue weighted by Crippen LogP contribution is 2.26. The summed E-state index contributed by atoms with van der Waals surface area (Å²) in [6.07, 6.45) is 0. The number of hydrogen-bond donors (Lipinski definition) is 2. The van der Waals surface area contributed by atoms with Gasteiger partial charge in [0.25, 0.3) is 0 Å². The van der Waals surface area contributed by atoms with Crippen LogP contribution in [0.2, 0.25) is 0 Å². The molecule has 0 saturated carbocycles. The molecule has 2 aromatic rings. The Bertz CT molecular complexity index is 661. The van der Waals surface area contributed by atoms with Gasteiger partial charge in [-0.1, -0.05) is 12.1 Å². The molecule has 0 fully saturated rings. The van der Waals surface area contributed by atoms with Crippen LogP contribution in [0.3, 0.4) is 0 Å². The number of amides is 2. The molecule has 2 rings (SSSR count). The summed E-state index contributed by atoms with van der Waals surface area (Å²) in [6, 6.07) is 7.33. The van der Waals surface area contributed by atoms with Crippen molar-refractivity contribution in [2.45, 2.75) is 26.4 Å². The third-order valence-electron chi connectivity index (χ3n) is 2.95. The van der Waals surface area contributed by atoms with Crippen molar-refractivity contribution in [2.75, 3.05) is 18.9 Å². The lowest BCUT2D eigenvalue weighted by atomic mass is 10.1. The molecule has 0 aliphatic carbocycles. The highest BCUT2D eigenvalue weighted by molar-refractivity contribution is 7.13. The van der Waals surface area contributed by atoms with E-state index in [1.807, 2.05) is 36.6 Å². The summed E-state index contributed by atoms with van der Waals surface area (Å²) in [5.41, 5.74) is 1.74. The van der Waals surface area contributed by atoms with Crippen molar-refractivity contribution in [3.05, 3.63) is 35.3 Å². The van der Waals surface area contributed by atoms with Gasteiger partial charge in [0.15, 0.2) is 0 Å². The molecule has 0 aliphatic rings. The fourth-order valence-corrected chi connectivity index (χ4v) is 2.88. The Morgan fingerprint density at radius 2 is 2.18 bits per heavy atom. The van der Waals surface area contributed by atoms with Gasteiger partial charge in [-0.25, -0.2) is 9.78 Å². The number of aliphatic hydroxyl groups is 1. The van der Waals surface area contributed by atoms with Crippen molar-refractivity contribution in [1.29, 1.82) is 0 Å². The number of aryl methyl sites for hydroxylation is 1. The van der Waals surface area contributed by atoms with Crippen molar-refractivity contribution >= 4 is 23.1 Å². The number of anilines is 1. The number of hydrogen-bond acceptors (Lipinski definition) is 4. The van der Waals surface area contributed by atoms with E-state index in [0.717, 1.165) is 16.3 Å². The number of benzene rings is 1. The molecule has 2 N–H and O–H groups in total. The fourth-order valence-electron chi connectivity index (χ4n) is 2.09. The van der Waals surface area contributed by atoms with E-state index in [9.17, 15) is 9.90 Å². The number of carbonyl (C=O) groups excluding carboxylic acids is 1. The van der Waals surface area contributed by atoms with E-state index in [4.69, 9.17) is 0 Å². The number of carbonyl (C=O) groups is 1. The second-order valence-corrected chi connectivity index (χ2v) is 6.83. The molecule has 0 aliphatic heterocycles. The zero-order valence-electron chi connectivity index (χ0n) is 13.3. The van der Waals surface area contributed by atoms with E-state index >= 15 is 0 Å². The number of urea groups is 1. The van der Waals surface area contributed by atoms with Gasteiger partial charge < -0.3 is 15.3 Å². The Hall–Kier alpha value is -1.92. The first kappa shape index (κ1) is 16.5. The standard InChI is InChI=1S/C16H21N3O2S/c1-11-9-22-14(17-11)12-6-5-7-13(8-12)18-15(20)19(4)10-16(2,3)21/h5-9,21H,10H2,1-4H3,(H,18,20). The number of nitrogens with one attached hydrogen (secondary N) is 1. The molecule has 118 valence electrons. The average Bonchev–Trinajstić information content (AvgIpc) is 2.84. The van der Waals surface area contributed by atoms with Crippen LogP contribution < -0.4 is 5.32 Å². The SMILES string of the molecule is Cc1csc(-c2cccc(NC(=O)N(C)CC(C)(C)O)c2)n1. The van der Waals surface area contributed by atoms with E-state index in [1.165, 1.54) is 4.90 Å². The molecule has 1 aromatic carbocycles. The van der Waals surface area contributed by atoms with Crippen LogP contribution in [0.4, 0.5) is 10.5 Å². The van der Waals surface area contributed by atoms with E-state index < -0.39 is 5.60 Å². The van der Waals surface area contributed by atoms with Gasteiger partial charge in [0, 0.05) is 29.4 Å². The fraction of sp³-hybridized carbons (Fsp3) is 0.375. The molecule has 0 saturated heterocycles. The van der Waals surface area contributed by atoms with Crippen LogP contribution in [0.5, 0.6) is 0 Å². The smallest absolute Gasteiger partial charge is 0.321 e. The lowest BCUT2D eigenvalue weighted by Crippen LogP contribution is -2.41. The highest BCUT2D eigenvalue weighted by atomic mass is 32.1. The lowest BCUT2D eigenvalue weighted by molar-refractivity contribution is 0.0550. The van der Waals surface area contributed by atoms with Crippen LogP contribution in [0.25, 0.3) is 10.6 Å². The summed E-state index contributed by atoms with van der Waals surface area (Å²) in [7, 11) is 1.65. The third kappa shape index (κ3) is 4.54. The van der Waals surface area contributed by atoms with Crippen molar-refractivity contribution in [2.24, 2.45) is 0 Å².